The van der Waals surface area contributed by atoms with Gasteiger partial charge in [-0.15, -0.1) is 0 Å². The van der Waals surface area contributed by atoms with E-state index in [9.17, 15) is 4.39 Å². The zero-order chi connectivity index (χ0) is 22.4. The Hall–Kier alpha value is -3.74. The van der Waals surface area contributed by atoms with E-state index in [1.54, 1.807) is 26.3 Å². The molecule has 3 rings (SSSR count). The maximum atomic E-state index is 13.9. The molecular weight excluding hydrogens is 395 g/mol. The number of benzene rings is 2. The first-order chi connectivity index (χ1) is 15.0. The van der Waals surface area contributed by atoms with Crippen molar-refractivity contribution in [2.45, 2.75) is 6.92 Å². The van der Waals surface area contributed by atoms with E-state index in [1.165, 1.54) is 19.5 Å². The van der Waals surface area contributed by atoms with Crippen LogP contribution in [0.25, 0.3) is 22.0 Å². The maximum Gasteiger partial charge on any atom is 0.165 e. The highest BCUT2D eigenvalue weighted by Gasteiger charge is 2.13. The van der Waals surface area contributed by atoms with Crippen LogP contribution < -0.4 is 14.8 Å². The molecular formula is C24H25FN4O2. The topological polar surface area (TPSA) is 68.6 Å². The molecule has 0 bridgehead atoms. The molecule has 0 atom stereocenters. The number of methoxy groups -OCH3 is 2. The predicted octanol–water partition coefficient (Wildman–Crippen LogP) is 5.07. The smallest absolute Gasteiger partial charge is 0.165 e. The van der Waals surface area contributed by atoms with Crippen LogP contribution in [0.5, 0.6) is 11.5 Å². The van der Waals surface area contributed by atoms with Crippen LogP contribution >= 0.6 is 0 Å². The number of rotatable bonds is 8. The quantitative estimate of drug-likeness (QED) is 0.407. The monoisotopic (exact) mass is 420 g/mol. The second-order valence-electron chi connectivity index (χ2n) is 6.86. The molecule has 160 valence electrons. The molecule has 1 heterocycles. The third-order valence-corrected chi connectivity index (χ3v) is 4.80. The predicted molar refractivity (Wildman–Crippen MR) is 124 cm³/mol. The molecule has 0 aliphatic carbocycles. The molecule has 2 aromatic carbocycles. The number of anilines is 1. The SMILES string of the molecule is C=C(/C=C\C(C)=NC)CNc1ncnc2c(OC)cc(-c3ccc(F)c(OC)c3)cc12. The summed E-state index contributed by atoms with van der Waals surface area (Å²) in [6, 6.07) is 8.53. The Morgan fingerprint density at radius 3 is 2.55 bits per heavy atom. The van der Waals surface area contributed by atoms with Gasteiger partial charge in [0.1, 0.15) is 23.4 Å². The van der Waals surface area contributed by atoms with Gasteiger partial charge in [-0.25, -0.2) is 14.4 Å². The second-order valence-corrected chi connectivity index (χ2v) is 6.86. The fourth-order valence-corrected chi connectivity index (χ4v) is 3.01. The third-order valence-electron chi connectivity index (χ3n) is 4.80. The molecule has 0 aliphatic rings. The Bertz CT molecular complexity index is 1170. The fourth-order valence-electron chi connectivity index (χ4n) is 3.01. The zero-order valence-corrected chi connectivity index (χ0v) is 18.1. The van der Waals surface area contributed by atoms with Crippen LogP contribution in [0.2, 0.25) is 0 Å². The van der Waals surface area contributed by atoms with E-state index in [0.29, 0.717) is 23.6 Å². The van der Waals surface area contributed by atoms with Crippen LogP contribution in [0.4, 0.5) is 10.2 Å². The third kappa shape index (κ3) is 5.06. The van der Waals surface area contributed by atoms with Crippen LogP contribution in [-0.2, 0) is 0 Å². The first-order valence-electron chi connectivity index (χ1n) is 9.66. The summed E-state index contributed by atoms with van der Waals surface area (Å²) in [6.45, 7) is 6.48. The minimum atomic E-state index is -0.417. The average molecular weight is 420 g/mol. The molecule has 0 unspecified atom stereocenters. The minimum Gasteiger partial charge on any atom is -0.494 e. The second kappa shape index (κ2) is 9.84. The summed E-state index contributed by atoms with van der Waals surface area (Å²) in [5.41, 5.74) is 4.08. The first kappa shape index (κ1) is 22.0. The van der Waals surface area contributed by atoms with Gasteiger partial charge in [0, 0.05) is 24.7 Å². The Morgan fingerprint density at radius 1 is 1.10 bits per heavy atom. The van der Waals surface area contributed by atoms with E-state index >= 15 is 0 Å². The summed E-state index contributed by atoms with van der Waals surface area (Å²) < 4.78 is 24.5. The number of allylic oxidation sites excluding steroid dienone is 1. The van der Waals surface area contributed by atoms with Gasteiger partial charge in [0.05, 0.1) is 14.2 Å². The van der Waals surface area contributed by atoms with Gasteiger partial charge in [0.25, 0.3) is 0 Å². The van der Waals surface area contributed by atoms with E-state index in [2.05, 4.69) is 26.9 Å². The van der Waals surface area contributed by atoms with Crippen LogP contribution in [0.15, 0.2) is 66.0 Å². The number of nitrogens with one attached hydrogen (secondary N) is 1. The molecule has 1 aromatic heterocycles. The number of hydrogen-bond donors (Lipinski definition) is 1. The molecule has 0 fully saturated rings. The largest absolute Gasteiger partial charge is 0.494 e. The van der Waals surface area contributed by atoms with Gasteiger partial charge in [0.2, 0.25) is 0 Å². The van der Waals surface area contributed by atoms with Crippen molar-refractivity contribution >= 4 is 22.4 Å². The van der Waals surface area contributed by atoms with Gasteiger partial charge in [-0.3, -0.25) is 4.99 Å². The molecule has 0 saturated heterocycles. The molecule has 3 aromatic rings. The van der Waals surface area contributed by atoms with Crippen LogP contribution in [0, 0.1) is 5.82 Å². The number of nitrogens with zero attached hydrogens (tertiary/aromatic N) is 3. The van der Waals surface area contributed by atoms with Crippen LogP contribution in [-0.4, -0.2) is 43.5 Å². The normalized spacial score (nSPS) is 11.7. The van der Waals surface area contributed by atoms with Gasteiger partial charge >= 0.3 is 0 Å². The van der Waals surface area contributed by atoms with Gasteiger partial charge in [-0.05, 0) is 54.0 Å². The van der Waals surface area contributed by atoms with Crippen molar-refractivity contribution in [3.05, 3.63) is 66.8 Å². The van der Waals surface area contributed by atoms with Gasteiger partial charge in [-0.1, -0.05) is 18.7 Å². The lowest BCUT2D eigenvalue weighted by Crippen LogP contribution is -2.06. The van der Waals surface area contributed by atoms with Gasteiger partial charge in [0.15, 0.2) is 11.6 Å². The molecule has 1 N–H and O–H groups in total. The lowest BCUT2D eigenvalue weighted by atomic mass is 10.0. The Kier molecular flexibility index (Phi) is 6.97. The highest BCUT2D eigenvalue weighted by Crippen LogP contribution is 2.35. The number of aliphatic imine (C=N–C) groups is 1. The molecule has 0 radical (unpaired) electrons. The number of ether oxygens (including phenoxy) is 2. The van der Waals surface area contributed by atoms with E-state index < -0.39 is 5.82 Å². The summed E-state index contributed by atoms with van der Waals surface area (Å²) in [5, 5.41) is 4.09. The van der Waals surface area contributed by atoms with E-state index in [0.717, 1.165) is 27.8 Å². The minimum absolute atomic E-state index is 0.174. The van der Waals surface area contributed by atoms with Gasteiger partial charge in [-0.2, -0.15) is 0 Å². The lowest BCUT2D eigenvalue weighted by Gasteiger charge is -2.13. The summed E-state index contributed by atoms with van der Waals surface area (Å²) >= 11 is 0. The number of aromatic nitrogens is 2. The van der Waals surface area contributed by atoms with Crippen molar-refractivity contribution in [2.24, 2.45) is 4.99 Å². The van der Waals surface area contributed by atoms with Crippen LogP contribution in [0.3, 0.4) is 0 Å². The van der Waals surface area contributed by atoms with E-state index in [1.807, 2.05) is 31.2 Å². The molecule has 7 heteroatoms. The maximum absolute atomic E-state index is 13.9. The summed E-state index contributed by atoms with van der Waals surface area (Å²) in [5.74, 6) is 0.997. The fraction of sp³-hybridized carbons (Fsp3) is 0.208. The van der Waals surface area contributed by atoms with Crippen molar-refractivity contribution in [3.63, 3.8) is 0 Å². The van der Waals surface area contributed by atoms with Crippen molar-refractivity contribution in [1.29, 1.82) is 0 Å². The van der Waals surface area contributed by atoms with E-state index in [4.69, 9.17) is 9.47 Å². The van der Waals surface area contributed by atoms with Crippen molar-refractivity contribution in [1.82, 2.24) is 9.97 Å². The van der Waals surface area contributed by atoms with E-state index in [-0.39, 0.29) is 5.75 Å². The lowest BCUT2D eigenvalue weighted by molar-refractivity contribution is 0.387. The molecule has 0 spiro atoms. The van der Waals surface area contributed by atoms with Gasteiger partial charge < -0.3 is 14.8 Å². The van der Waals surface area contributed by atoms with Crippen LogP contribution in [0.1, 0.15) is 6.92 Å². The molecule has 0 aliphatic heterocycles. The first-order valence-corrected chi connectivity index (χ1v) is 9.66. The standard InChI is InChI=1S/C24H25FN4O2/c1-15(6-7-16(2)26-3)13-27-24-19-10-18(12-22(31-5)23(19)28-14-29-24)17-8-9-20(25)21(11-17)30-4/h6-12,14H,1,13H2,2-5H3,(H,27,28,29)/b7-6-,26-16?. The number of halogens is 1. The summed E-state index contributed by atoms with van der Waals surface area (Å²) in [7, 11) is 4.77. The number of hydrogen-bond acceptors (Lipinski definition) is 6. The Morgan fingerprint density at radius 2 is 1.84 bits per heavy atom. The molecule has 31 heavy (non-hydrogen) atoms. The number of fused-ring (bicyclic) bond motifs is 1. The molecule has 6 nitrogen and oxygen atoms in total. The highest BCUT2D eigenvalue weighted by molar-refractivity contribution is 5.97. The molecule has 0 amide bonds. The molecule has 0 saturated carbocycles. The Labute approximate surface area is 181 Å². The van der Waals surface area contributed by atoms with Crippen molar-refractivity contribution in [2.75, 3.05) is 33.1 Å². The zero-order valence-electron chi connectivity index (χ0n) is 18.1. The Balaban J connectivity index is 1.99. The van der Waals surface area contributed by atoms with Crippen molar-refractivity contribution in [3.8, 4) is 22.6 Å². The average Bonchev–Trinajstić information content (AvgIpc) is 2.80. The summed E-state index contributed by atoms with van der Waals surface area (Å²) in [6.07, 6.45) is 5.31. The van der Waals surface area contributed by atoms with Crippen molar-refractivity contribution < 1.29 is 13.9 Å². The highest BCUT2D eigenvalue weighted by atomic mass is 19.1. The summed E-state index contributed by atoms with van der Waals surface area (Å²) in [4.78, 5) is 12.9.